The molecule has 0 radical (unpaired) electrons. The highest BCUT2D eigenvalue weighted by molar-refractivity contribution is 5.81. The number of ether oxygens (including phenoxy) is 3. The number of amides is 1. The van der Waals surface area contributed by atoms with Crippen molar-refractivity contribution in [3.63, 3.8) is 0 Å². The van der Waals surface area contributed by atoms with Gasteiger partial charge in [-0.15, -0.1) is 0 Å². The summed E-state index contributed by atoms with van der Waals surface area (Å²) in [7, 11) is 3.65. The molecule has 1 N–H and O–H groups in total. The number of carbonyl (C=O) groups is 1. The summed E-state index contributed by atoms with van der Waals surface area (Å²) in [6.45, 7) is 2.48. The molecule has 24 heavy (non-hydrogen) atoms. The van der Waals surface area contributed by atoms with Gasteiger partial charge in [-0.3, -0.25) is 9.69 Å². The molecule has 2 aliphatic rings. The van der Waals surface area contributed by atoms with E-state index in [1.54, 1.807) is 7.11 Å². The van der Waals surface area contributed by atoms with Crippen LogP contribution in [0.2, 0.25) is 0 Å². The quantitative estimate of drug-likeness (QED) is 0.912. The summed E-state index contributed by atoms with van der Waals surface area (Å²) in [5, 5.41) is 3.05. The van der Waals surface area contributed by atoms with Gasteiger partial charge in [-0.1, -0.05) is 12.8 Å². The highest BCUT2D eigenvalue weighted by Crippen LogP contribution is 2.36. The second-order valence-corrected chi connectivity index (χ2v) is 6.37. The lowest BCUT2D eigenvalue weighted by atomic mass is 10.1. The van der Waals surface area contributed by atoms with Gasteiger partial charge in [0.05, 0.1) is 13.2 Å². The number of nitrogens with one attached hydrogen (secondary N) is 1. The Kier molecular flexibility index (Phi) is 5.45. The number of hydrogen-bond acceptors (Lipinski definition) is 5. The molecule has 2 aliphatic heterocycles. The minimum absolute atomic E-state index is 0.0456. The zero-order valence-electron chi connectivity index (χ0n) is 14.5. The van der Waals surface area contributed by atoms with E-state index in [-0.39, 0.29) is 11.9 Å². The largest absolute Gasteiger partial charge is 0.496 e. The first-order valence-electron chi connectivity index (χ1n) is 8.63. The van der Waals surface area contributed by atoms with Crippen LogP contribution in [0.1, 0.15) is 31.2 Å². The van der Waals surface area contributed by atoms with E-state index in [1.807, 2.05) is 19.2 Å². The van der Waals surface area contributed by atoms with E-state index in [0.29, 0.717) is 37.0 Å². The Hall–Kier alpha value is -1.95. The topological polar surface area (TPSA) is 60.0 Å². The summed E-state index contributed by atoms with van der Waals surface area (Å²) in [6, 6.07) is 3.67. The molecule has 1 aromatic carbocycles. The van der Waals surface area contributed by atoms with E-state index in [4.69, 9.17) is 14.2 Å². The normalized spacial score (nSPS) is 21.0. The molecule has 0 spiro atoms. The van der Waals surface area contributed by atoms with Crippen molar-refractivity contribution in [2.24, 2.45) is 0 Å². The number of methoxy groups -OCH3 is 1. The molecule has 1 atom stereocenters. The van der Waals surface area contributed by atoms with Gasteiger partial charge in [0.15, 0.2) is 11.5 Å². The van der Waals surface area contributed by atoms with Gasteiger partial charge in [-0.2, -0.15) is 0 Å². The molecule has 132 valence electrons. The lowest BCUT2D eigenvalue weighted by Crippen LogP contribution is -2.44. The molecule has 1 amide bonds. The molecule has 1 aromatic rings. The third-order valence-corrected chi connectivity index (χ3v) is 4.72. The number of benzene rings is 1. The standard InChI is InChI=1S/C18H26N2O4/c1-20-7-5-3-4-6-14(20)18(21)19-12-13-10-16-17(11-15(13)22-2)24-9-8-23-16/h10-11,14H,3-9,12H2,1-2H3,(H,19,21)/t14-/m1/s1. The maximum atomic E-state index is 12.6. The third-order valence-electron chi connectivity index (χ3n) is 4.72. The minimum atomic E-state index is -0.0456. The second kappa shape index (κ2) is 7.75. The maximum Gasteiger partial charge on any atom is 0.237 e. The van der Waals surface area contributed by atoms with Crippen molar-refractivity contribution in [2.45, 2.75) is 38.3 Å². The molecule has 3 rings (SSSR count). The number of likely N-dealkylation sites (tertiary alicyclic amines) is 1. The molecule has 6 heteroatoms. The van der Waals surface area contributed by atoms with Crippen LogP contribution in [-0.4, -0.2) is 50.8 Å². The Labute approximate surface area is 143 Å². The second-order valence-electron chi connectivity index (χ2n) is 6.37. The van der Waals surface area contributed by atoms with Crippen LogP contribution >= 0.6 is 0 Å². The summed E-state index contributed by atoms with van der Waals surface area (Å²) in [5.74, 6) is 2.18. The number of hydrogen-bond donors (Lipinski definition) is 1. The van der Waals surface area contributed by atoms with Crippen molar-refractivity contribution in [1.82, 2.24) is 10.2 Å². The van der Waals surface area contributed by atoms with Crippen LogP contribution in [0.5, 0.6) is 17.2 Å². The lowest BCUT2D eigenvalue weighted by Gasteiger charge is -2.25. The van der Waals surface area contributed by atoms with Crippen LogP contribution in [-0.2, 0) is 11.3 Å². The molecule has 0 aromatic heterocycles. The van der Waals surface area contributed by atoms with Crippen LogP contribution in [0.25, 0.3) is 0 Å². The van der Waals surface area contributed by atoms with Gasteiger partial charge >= 0.3 is 0 Å². The van der Waals surface area contributed by atoms with Gasteiger partial charge in [0, 0.05) is 18.2 Å². The smallest absolute Gasteiger partial charge is 0.237 e. The predicted octanol–water partition coefficient (Wildman–Crippen LogP) is 1.96. The summed E-state index contributed by atoms with van der Waals surface area (Å²) in [4.78, 5) is 14.7. The van der Waals surface area contributed by atoms with Crippen LogP contribution in [0, 0.1) is 0 Å². The first-order valence-corrected chi connectivity index (χ1v) is 8.63. The lowest BCUT2D eigenvalue weighted by molar-refractivity contribution is -0.126. The fourth-order valence-electron chi connectivity index (χ4n) is 3.32. The Morgan fingerprint density at radius 2 is 2.00 bits per heavy atom. The Morgan fingerprint density at radius 3 is 2.75 bits per heavy atom. The molecular formula is C18H26N2O4. The van der Waals surface area contributed by atoms with Gasteiger partial charge in [0.25, 0.3) is 0 Å². The molecule has 0 saturated carbocycles. The van der Waals surface area contributed by atoms with Crippen molar-refractivity contribution in [2.75, 3.05) is 33.9 Å². The number of likely N-dealkylation sites (N-methyl/N-ethyl adjacent to an activating group) is 1. The Balaban J connectivity index is 1.68. The SMILES string of the molecule is COc1cc2c(cc1CNC(=O)[C@H]1CCCCCN1C)OCCO2. The fourth-order valence-corrected chi connectivity index (χ4v) is 3.32. The zero-order chi connectivity index (χ0) is 16.9. The molecule has 0 bridgehead atoms. The van der Waals surface area contributed by atoms with Crippen LogP contribution < -0.4 is 19.5 Å². The van der Waals surface area contributed by atoms with Gasteiger partial charge < -0.3 is 19.5 Å². The van der Waals surface area contributed by atoms with E-state index < -0.39 is 0 Å². The predicted molar refractivity (Wildman–Crippen MR) is 90.7 cm³/mol. The monoisotopic (exact) mass is 334 g/mol. The van der Waals surface area contributed by atoms with Gasteiger partial charge in [-0.25, -0.2) is 0 Å². The summed E-state index contributed by atoms with van der Waals surface area (Å²) >= 11 is 0. The summed E-state index contributed by atoms with van der Waals surface area (Å²) in [6.07, 6.45) is 4.39. The highest BCUT2D eigenvalue weighted by Gasteiger charge is 2.25. The average molecular weight is 334 g/mol. The first-order chi connectivity index (χ1) is 11.7. The average Bonchev–Trinajstić information content (AvgIpc) is 2.83. The van der Waals surface area contributed by atoms with E-state index in [1.165, 1.54) is 6.42 Å². The molecule has 1 fully saturated rings. The van der Waals surface area contributed by atoms with Crippen molar-refractivity contribution in [1.29, 1.82) is 0 Å². The van der Waals surface area contributed by atoms with Crippen molar-refractivity contribution in [3.05, 3.63) is 17.7 Å². The molecule has 0 aliphatic carbocycles. The number of carbonyl (C=O) groups excluding carboxylic acids is 1. The van der Waals surface area contributed by atoms with E-state index >= 15 is 0 Å². The third kappa shape index (κ3) is 3.75. The van der Waals surface area contributed by atoms with Crippen LogP contribution in [0.3, 0.4) is 0 Å². The van der Waals surface area contributed by atoms with Crippen LogP contribution in [0.4, 0.5) is 0 Å². The molecule has 0 unspecified atom stereocenters. The Morgan fingerprint density at radius 1 is 1.25 bits per heavy atom. The Bertz CT molecular complexity index is 591. The van der Waals surface area contributed by atoms with Crippen molar-refractivity contribution < 1.29 is 19.0 Å². The number of nitrogens with zero attached hydrogens (tertiary/aromatic N) is 1. The molecule has 2 heterocycles. The minimum Gasteiger partial charge on any atom is -0.496 e. The molecule has 1 saturated heterocycles. The van der Waals surface area contributed by atoms with Gasteiger partial charge in [0.1, 0.15) is 19.0 Å². The van der Waals surface area contributed by atoms with Crippen molar-refractivity contribution >= 4 is 5.91 Å². The summed E-state index contributed by atoms with van der Waals surface area (Å²) in [5.41, 5.74) is 0.895. The highest BCUT2D eigenvalue weighted by atomic mass is 16.6. The molecular weight excluding hydrogens is 308 g/mol. The van der Waals surface area contributed by atoms with E-state index in [0.717, 1.165) is 31.4 Å². The van der Waals surface area contributed by atoms with Crippen molar-refractivity contribution in [3.8, 4) is 17.2 Å². The van der Waals surface area contributed by atoms with E-state index in [9.17, 15) is 4.79 Å². The first kappa shape index (κ1) is 16.9. The van der Waals surface area contributed by atoms with Gasteiger partial charge in [0.2, 0.25) is 5.91 Å². The number of fused-ring (bicyclic) bond motifs is 1. The zero-order valence-corrected chi connectivity index (χ0v) is 14.5. The van der Waals surface area contributed by atoms with Crippen LogP contribution in [0.15, 0.2) is 12.1 Å². The number of rotatable bonds is 4. The summed E-state index contributed by atoms with van der Waals surface area (Å²) < 4.78 is 16.6. The van der Waals surface area contributed by atoms with E-state index in [2.05, 4.69) is 10.2 Å². The molecule has 6 nitrogen and oxygen atoms in total. The maximum absolute atomic E-state index is 12.6. The fraction of sp³-hybridized carbons (Fsp3) is 0.611. The van der Waals surface area contributed by atoms with Gasteiger partial charge in [-0.05, 0) is 32.5 Å².